The summed E-state index contributed by atoms with van der Waals surface area (Å²) in [6.45, 7) is 14.2. The van der Waals surface area contributed by atoms with Crippen LogP contribution in [0.4, 0.5) is 0 Å². The van der Waals surface area contributed by atoms with Gasteiger partial charge in [-0.1, -0.05) is 41.5 Å². The Morgan fingerprint density at radius 3 is 1.64 bits per heavy atom. The van der Waals surface area contributed by atoms with E-state index in [9.17, 15) is 0 Å². The second-order valence-electron chi connectivity index (χ2n) is 5.98. The summed E-state index contributed by atoms with van der Waals surface area (Å²) < 4.78 is 0. The van der Waals surface area contributed by atoms with E-state index in [0.29, 0.717) is 10.8 Å². The maximum atomic E-state index is 2.40. The quantitative estimate of drug-likeness (QED) is 0.540. The van der Waals surface area contributed by atoms with Gasteiger partial charge in [-0.3, -0.25) is 0 Å². The van der Waals surface area contributed by atoms with Gasteiger partial charge in [-0.15, -0.1) is 0 Å². The first-order valence-electron chi connectivity index (χ1n) is 4.75. The van der Waals surface area contributed by atoms with Crippen LogP contribution in [-0.4, -0.2) is 0 Å². The van der Waals surface area contributed by atoms with Gasteiger partial charge in [0.25, 0.3) is 0 Å². The van der Waals surface area contributed by atoms with Gasteiger partial charge in [0.05, 0.1) is 0 Å². The molecule has 11 heavy (non-hydrogen) atoms. The summed E-state index contributed by atoms with van der Waals surface area (Å²) in [4.78, 5) is 0. The summed E-state index contributed by atoms with van der Waals surface area (Å²) in [5.41, 5.74) is 1.15. The van der Waals surface area contributed by atoms with Crippen LogP contribution in [0.3, 0.4) is 0 Å². The summed E-state index contributed by atoms with van der Waals surface area (Å²) in [6, 6.07) is 0. The third-order valence-corrected chi connectivity index (χ3v) is 3.46. The van der Waals surface area contributed by atoms with E-state index in [4.69, 9.17) is 0 Å². The highest BCUT2D eigenvalue weighted by Crippen LogP contribution is 2.61. The van der Waals surface area contributed by atoms with E-state index in [0.717, 1.165) is 11.8 Å². The van der Waals surface area contributed by atoms with E-state index in [1.54, 1.807) is 0 Å². The standard InChI is InChI=1S/C11H22/c1-8-9(11(8,5)6)7-10(2,3)4/h8-9H,7H2,1-6H3. The molecule has 0 aromatic carbocycles. The Kier molecular flexibility index (Phi) is 1.85. The van der Waals surface area contributed by atoms with Crippen molar-refractivity contribution in [2.45, 2.75) is 48.0 Å². The van der Waals surface area contributed by atoms with Crippen molar-refractivity contribution < 1.29 is 0 Å². The lowest BCUT2D eigenvalue weighted by molar-refractivity contribution is 0.326. The SMILES string of the molecule is CC1C(CC(C)(C)C)C1(C)C. The molecule has 2 atom stereocenters. The fraction of sp³-hybridized carbons (Fsp3) is 1.00. The monoisotopic (exact) mass is 154 g/mol. The summed E-state index contributed by atoms with van der Waals surface area (Å²) in [5.74, 6) is 1.92. The van der Waals surface area contributed by atoms with E-state index in [1.807, 2.05) is 0 Å². The smallest absolute Gasteiger partial charge is 0.0294 e. The zero-order chi connectivity index (χ0) is 8.86. The minimum atomic E-state index is 0.521. The van der Waals surface area contributed by atoms with Crippen molar-refractivity contribution in [3.05, 3.63) is 0 Å². The molecule has 2 unspecified atom stereocenters. The molecular weight excluding hydrogens is 132 g/mol. The van der Waals surface area contributed by atoms with Crippen molar-refractivity contribution in [2.24, 2.45) is 22.7 Å². The van der Waals surface area contributed by atoms with Gasteiger partial charge in [-0.05, 0) is 29.1 Å². The fourth-order valence-corrected chi connectivity index (χ4v) is 2.12. The Hall–Kier alpha value is 0. The molecule has 66 valence electrons. The second-order valence-corrected chi connectivity index (χ2v) is 5.98. The first-order chi connectivity index (χ1) is 4.75. The Morgan fingerprint density at radius 2 is 1.55 bits per heavy atom. The molecule has 0 saturated heterocycles. The van der Waals surface area contributed by atoms with E-state index < -0.39 is 0 Å². The largest absolute Gasteiger partial charge is 0.0617 e. The predicted octanol–water partition coefficient (Wildman–Crippen LogP) is 3.71. The maximum absolute atomic E-state index is 2.40. The minimum absolute atomic E-state index is 0.521. The molecule has 1 aliphatic rings. The Bertz CT molecular complexity index is 148. The van der Waals surface area contributed by atoms with Crippen LogP contribution in [0, 0.1) is 22.7 Å². The predicted molar refractivity (Wildman–Crippen MR) is 50.5 cm³/mol. The molecule has 0 heteroatoms. The Labute approximate surface area is 71.4 Å². The van der Waals surface area contributed by atoms with E-state index in [1.165, 1.54) is 6.42 Å². The fourth-order valence-electron chi connectivity index (χ4n) is 2.12. The number of hydrogen-bond acceptors (Lipinski definition) is 0. The number of rotatable bonds is 1. The molecule has 1 rings (SSSR count). The van der Waals surface area contributed by atoms with Crippen molar-refractivity contribution in [3.63, 3.8) is 0 Å². The molecule has 1 fully saturated rings. The molecule has 0 N–H and O–H groups in total. The lowest BCUT2D eigenvalue weighted by Crippen LogP contribution is -2.07. The van der Waals surface area contributed by atoms with Crippen molar-refractivity contribution >= 4 is 0 Å². The van der Waals surface area contributed by atoms with Crippen molar-refractivity contribution in [2.75, 3.05) is 0 Å². The molecule has 0 radical (unpaired) electrons. The second kappa shape index (κ2) is 2.24. The van der Waals surface area contributed by atoms with Gasteiger partial charge in [-0.2, -0.15) is 0 Å². The van der Waals surface area contributed by atoms with Crippen molar-refractivity contribution in [1.82, 2.24) is 0 Å². The lowest BCUT2D eigenvalue weighted by atomic mass is 9.87. The maximum Gasteiger partial charge on any atom is -0.0294 e. The molecular formula is C11H22. The van der Waals surface area contributed by atoms with Crippen LogP contribution in [0.1, 0.15) is 48.0 Å². The summed E-state index contributed by atoms with van der Waals surface area (Å²) >= 11 is 0. The van der Waals surface area contributed by atoms with Crippen LogP contribution in [-0.2, 0) is 0 Å². The highest BCUT2D eigenvalue weighted by molar-refractivity contribution is 5.03. The average molecular weight is 154 g/mol. The van der Waals surface area contributed by atoms with E-state index in [2.05, 4.69) is 41.5 Å². The molecule has 0 aromatic rings. The summed E-state index contributed by atoms with van der Waals surface area (Å²) in [5, 5.41) is 0. The van der Waals surface area contributed by atoms with Gasteiger partial charge in [0.2, 0.25) is 0 Å². The molecule has 1 saturated carbocycles. The third kappa shape index (κ3) is 1.77. The molecule has 0 spiro atoms. The van der Waals surface area contributed by atoms with Gasteiger partial charge in [0, 0.05) is 0 Å². The molecule has 0 heterocycles. The van der Waals surface area contributed by atoms with Gasteiger partial charge >= 0.3 is 0 Å². The lowest BCUT2D eigenvalue weighted by Gasteiger charge is -2.18. The molecule has 0 amide bonds. The molecule has 0 aliphatic heterocycles. The first-order valence-corrected chi connectivity index (χ1v) is 4.75. The third-order valence-electron chi connectivity index (χ3n) is 3.46. The summed E-state index contributed by atoms with van der Waals surface area (Å²) in [6.07, 6.45) is 1.39. The van der Waals surface area contributed by atoms with E-state index >= 15 is 0 Å². The minimum Gasteiger partial charge on any atom is -0.0617 e. The number of hydrogen-bond donors (Lipinski definition) is 0. The van der Waals surface area contributed by atoms with Gasteiger partial charge in [0.1, 0.15) is 0 Å². The molecule has 0 nitrogen and oxygen atoms in total. The van der Waals surface area contributed by atoms with Crippen LogP contribution >= 0.6 is 0 Å². The van der Waals surface area contributed by atoms with E-state index in [-0.39, 0.29) is 0 Å². The zero-order valence-corrected chi connectivity index (χ0v) is 8.86. The molecule has 1 aliphatic carbocycles. The topological polar surface area (TPSA) is 0 Å². The molecule has 0 bridgehead atoms. The zero-order valence-electron chi connectivity index (χ0n) is 8.86. The summed E-state index contributed by atoms with van der Waals surface area (Å²) in [7, 11) is 0. The Balaban J connectivity index is 2.44. The van der Waals surface area contributed by atoms with Gasteiger partial charge in [0.15, 0.2) is 0 Å². The van der Waals surface area contributed by atoms with Crippen molar-refractivity contribution in [1.29, 1.82) is 0 Å². The van der Waals surface area contributed by atoms with Gasteiger partial charge in [-0.25, -0.2) is 0 Å². The van der Waals surface area contributed by atoms with Crippen LogP contribution < -0.4 is 0 Å². The van der Waals surface area contributed by atoms with Crippen LogP contribution in [0.5, 0.6) is 0 Å². The first kappa shape index (κ1) is 9.09. The highest BCUT2D eigenvalue weighted by atomic mass is 14.6. The molecule has 0 aromatic heterocycles. The Morgan fingerprint density at radius 1 is 1.18 bits per heavy atom. The average Bonchev–Trinajstić information content (AvgIpc) is 2.14. The van der Waals surface area contributed by atoms with Crippen LogP contribution in [0.15, 0.2) is 0 Å². The van der Waals surface area contributed by atoms with Gasteiger partial charge < -0.3 is 0 Å². The highest BCUT2D eigenvalue weighted by Gasteiger charge is 2.54. The van der Waals surface area contributed by atoms with Crippen LogP contribution in [0.2, 0.25) is 0 Å². The van der Waals surface area contributed by atoms with Crippen LogP contribution in [0.25, 0.3) is 0 Å². The normalized spacial score (nSPS) is 35.5. The van der Waals surface area contributed by atoms with Crippen molar-refractivity contribution in [3.8, 4) is 0 Å².